The van der Waals surface area contributed by atoms with Crippen LogP contribution in [0.1, 0.15) is 12.6 Å². The number of anilines is 1. The van der Waals surface area contributed by atoms with E-state index in [0.717, 1.165) is 11.1 Å². The van der Waals surface area contributed by atoms with Crippen LogP contribution in [0.5, 0.6) is 5.88 Å². The maximum Gasteiger partial charge on any atom is 0.320 e. The summed E-state index contributed by atoms with van der Waals surface area (Å²) in [7, 11) is 1.58. The molecule has 1 atom stereocenters. The topological polar surface area (TPSA) is 114 Å². The van der Waals surface area contributed by atoms with Gasteiger partial charge < -0.3 is 14.8 Å². The molecule has 3 aromatic heterocycles. The molecule has 26 heavy (non-hydrogen) atoms. The molecule has 0 saturated heterocycles. The molecule has 3 heterocycles. The number of pyridine rings is 2. The van der Waals surface area contributed by atoms with Gasteiger partial charge in [0.25, 0.3) is 0 Å². The summed E-state index contributed by atoms with van der Waals surface area (Å²) in [6.07, 6.45) is 3.31. The van der Waals surface area contributed by atoms with Gasteiger partial charge in [0, 0.05) is 25.6 Å². The highest BCUT2D eigenvalue weighted by atomic mass is 16.5. The Balaban J connectivity index is 1.64. The molecule has 0 aliphatic rings. The lowest BCUT2D eigenvalue weighted by molar-refractivity contribution is 0.173. The van der Waals surface area contributed by atoms with Crippen LogP contribution in [0.4, 0.5) is 10.6 Å². The van der Waals surface area contributed by atoms with Gasteiger partial charge in [-0.3, -0.25) is 15.4 Å². The molecule has 0 radical (unpaired) electrons. The summed E-state index contributed by atoms with van der Waals surface area (Å²) >= 11 is 0. The van der Waals surface area contributed by atoms with Crippen LogP contribution in [0.15, 0.2) is 36.7 Å². The van der Waals surface area contributed by atoms with Crippen molar-refractivity contribution in [2.24, 2.45) is 0 Å². The van der Waals surface area contributed by atoms with Crippen molar-refractivity contribution >= 4 is 22.8 Å². The van der Waals surface area contributed by atoms with Gasteiger partial charge in [0.05, 0.1) is 29.2 Å². The highest BCUT2D eigenvalue weighted by Gasteiger charge is 2.11. The van der Waals surface area contributed by atoms with E-state index in [1.165, 1.54) is 0 Å². The highest BCUT2D eigenvalue weighted by molar-refractivity contribution is 5.92. The molecular formula is C17H20N6O3. The van der Waals surface area contributed by atoms with E-state index in [1.807, 2.05) is 25.1 Å². The van der Waals surface area contributed by atoms with Crippen molar-refractivity contribution in [3.8, 4) is 5.88 Å². The number of urea groups is 1. The van der Waals surface area contributed by atoms with E-state index in [-0.39, 0.29) is 12.1 Å². The molecule has 3 N–H and O–H groups in total. The van der Waals surface area contributed by atoms with Crippen molar-refractivity contribution in [2.75, 3.05) is 19.0 Å². The monoisotopic (exact) mass is 356 g/mol. The third-order valence-corrected chi connectivity index (χ3v) is 3.53. The quantitative estimate of drug-likeness (QED) is 0.597. The number of H-pyrrole nitrogens is 1. The lowest BCUT2D eigenvalue weighted by atomic mass is 10.3. The van der Waals surface area contributed by atoms with Gasteiger partial charge in [-0.25, -0.2) is 9.78 Å². The summed E-state index contributed by atoms with van der Waals surface area (Å²) in [4.78, 5) is 20.4. The molecule has 0 fully saturated rings. The normalized spacial score (nSPS) is 11.9. The first-order valence-electron chi connectivity index (χ1n) is 8.09. The molecule has 9 heteroatoms. The number of aromatic amines is 1. The van der Waals surface area contributed by atoms with Crippen LogP contribution in [0.2, 0.25) is 0 Å². The Hall–Kier alpha value is -3.20. The second-order valence-electron chi connectivity index (χ2n) is 5.71. The Morgan fingerprint density at radius 2 is 2.23 bits per heavy atom. The largest absolute Gasteiger partial charge is 0.470 e. The number of methoxy groups -OCH3 is 1. The minimum atomic E-state index is -0.354. The van der Waals surface area contributed by atoms with E-state index < -0.39 is 0 Å². The van der Waals surface area contributed by atoms with Crippen molar-refractivity contribution in [3.05, 3.63) is 42.4 Å². The molecule has 0 aliphatic carbocycles. The summed E-state index contributed by atoms with van der Waals surface area (Å²) in [5, 5.41) is 13.2. The molecule has 9 nitrogen and oxygen atoms in total. The molecule has 0 bridgehead atoms. The van der Waals surface area contributed by atoms with Crippen LogP contribution in [-0.4, -0.2) is 46.0 Å². The zero-order valence-corrected chi connectivity index (χ0v) is 14.5. The standard InChI is InChI=1S/C17H20N6O3/c1-11(9-25-2)20-17(24)21-15-7-14-13(8-19-15)16(23-22-14)26-10-12-5-3-4-6-18-12/h3-8,11H,9-10H2,1-2H3,(H,22,23)(H2,19,20,21,24). The van der Waals surface area contributed by atoms with E-state index in [0.29, 0.717) is 30.4 Å². The number of ether oxygens (including phenoxy) is 2. The van der Waals surface area contributed by atoms with Gasteiger partial charge in [0.15, 0.2) is 0 Å². The zero-order valence-electron chi connectivity index (χ0n) is 14.5. The number of nitrogens with zero attached hydrogens (tertiary/aromatic N) is 3. The number of carbonyl (C=O) groups excluding carboxylic acids is 1. The van der Waals surface area contributed by atoms with Crippen molar-refractivity contribution in [3.63, 3.8) is 0 Å². The van der Waals surface area contributed by atoms with Gasteiger partial charge in [-0.15, -0.1) is 5.10 Å². The molecule has 1 unspecified atom stereocenters. The molecule has 0 saturated carbocycles. The zero-order chi connectivity index (χ0) is 18.4. The smallest absolute Gasteiger partial charge is 0.320 e. The van der Waals surface area contributed by atoms with Gasteiger partial charge in [-0.05, 0) is 19.1 Å². The Kier molecular flexibility index (Phi) is 5.59. The Morgan fingerprint density at radius 1 is 1.35 bits per heavy atom. The predicted molar refractivity (Wildman–Crippen MR) is 96.0 cm³/mol. The summed E-state index contributed by atoms with van der Waals surface area (Å²) in [6, 6.07) is 6.84. The Bertz CT molecular complexity index is 867. The van der Waals surface area contributed by atoms with E-state index in [9.17, 15) is 4.79 Å². The lowest BCUT2D eigenvalue weighted by Gasteiger charge is -2.13. The van der Waals surface area contributed by atoms with E-state index in [4.69, 9.17) is 9.47 Å². The van der Waals surface area contributed by atoms with Gasteiger partial charge in [0.2, 0.25) is 5.88 Å². The molecule has 3 rings (SSSR count). The molecule has 0 aromatic carbocycles. The van der Waals surface area contributed by atoms with E-state index in [2.05, 4.69) is 30.8 Å². The number of fused-ring (bicyclic) bond motifs is 1. The third-order valence-electron chi connectivity index (χ3n) is 3.53. The van der Waals surface area contributed by atoms with E-state index >= 15 is 0 Å². The molecule has 2 amide bonds. The average Bonchev–Trinajstić information content (AvgIpc) is 3.03. The van der Waals surface area contributed by atoms with Gasteiger partial charge in [0.1, 0.15) is 12.4 Å². The summed E-state index contributed by atoms with van der Waals surface area (Å²) in [5.74, 6) is 0.836. The second kappa shape index (κ2) is 8.26. The first-order chi connectivity index (χ1) is 12.7. The first-order valence-corrected chi connectivity index (χ1v) is 8.09. The number of aromatic nitrogens is 4. The minimum absolute atomic E-state index is 0.109. The summed E-state index contributed by atoms with van der Waals surface area (Å²) < 4.78 is 10.7. The maximum absolute atomic E-state index is 11.9. The van der Waals surface area contributed by atoms with Crippen LogP contribution >= 0.6 is 0 Å². The fourth-order valence-corrected chi connectivity index (χ4v) is 2.36. The Labute approximate surface area is 150 Å². The van der Waals surface area contributed by atoms with Crippen LogP contribution in [0, 0.1) is 0 Å². The summed E-state index contributed by atoms with van der Waals surface area (Å²) in [6.45, 7) is 2.58. The van der Waals surface area contributed by atoms with Crippen molar-refractivity contribution in [1.29, 1.82) is 0 Å². The van der Waals surface area contributed by atoms with E-state index in [1.54, 1.807) is 25.6 Å². The third kappa shape index (κ3) is 4.45. The number of carbonyl (C=O) groups is 1. The van der Waals surface area contributed by atoms with Crippen LogP contribution in [0.25, 0.3) is 10.9 Å². The maximum atomic E-state index is 11.9. The summed E-state index contributed by atoms with van der Waals surface area (Å²) in [5.41, 5.74) is 1.51. The molecular weight excluding hydrogens is 336 g/mol. The Morgan fingerprint density at radius 3 is 3.00 bits per heavy atom. The van der Waals surface area contributed by atoms with Crippen LogP contribution < -0.4 is 15.4 Å². The number of nitrogens with one attached hydrogen (secondary N) is 3. The fourth-order valence-electron chi connectivity index (χ4n) is 2.36. The van der Waals surface area contributed by atoms with Gasteiger partial charge in [-0.1, -0.05) is 6.07 Å². The van der Waals surface area contributed by atoms with Crippen LogP contribution in [-0.2, 0) is 11.3 Å². The van der Waals surface area contributed by atoms with Crippen molar-refractivity contribution < 1.29 is 14.3 Å². The minimum Gasteiger partial charge on any atom is -0.470 e. The first kappa shape index (κ1) is 17.6. The van der Waals surface area contributed by atoms with Gasteiger partial charge >= 0.3 is 6.03 Å². The molecule has 3 aromatic rings. The number of rotatable bonds is 7. The number of amides is 2. The predicted octanol–water partition coefficient (Wildman–Crippen LogP) is 2.09. The van der Waals surface area contributed by atoms with Crippen LogP contribution in [0.3, 0.4) is 0 Å². The lowest BCUT2D eigenvalue weighted by Crippen LogP contribution is -2.38. The highest BCUT2D eigenvalue weighted by Crippen LogP contribution is 2.24. The van der Waals surface area contributed by atoms with Crippen molar-refractivity contribution in [1.82, 2.24) is 25.5 Å². The molecule has 0 spiro atoms. The second-order valence-corrected chi connectivity index (χ2v) is 5.71. The fraction of sp³-hybridized carbons (Fsp3) is 0.294. The number of hydrogen-bond donors (Lipinski definition) is 3. The molecule has 136 valence electrons. The molecule has 0 aliphatic heterocycles. The van der Waals surface area contributed by atoms with Crippen molar-refractivity contribution in [2.45, 2.75) is 19.6 Å². The SMILES string of the molecule is COCC(C)NC(=O)Nc1cc2[nH]nc(OCc3ccccn3)c2cn1. The van der Waals surface area contributed by atoms with Gasteiger partial charge in [-0.2, -0.15) is 0 Å². The number of hydrogen-bond acceptors (Lipinski definition) is 6. The average molecular weight is 356 g/mol.